The Labute approximate surface area is 122 Å². The molecule has 7 nitrogen and oxygen atoms in total. The molecule has 2 aromatic rings. The normalized spacial score (nSPS) is 11.3. The Morgan fingerprint density at radius 2 is 2.24 bits per heavy atom. The van der Waals surface area contributed by atoms with E-state index < -0.39 is 16.0 Å². The van der Waals surface area contributed by atoms with Gasteiger partial charge in [0.05, 0.1) is 17.6 Å². The second-order valence-electron chi connectivity index (χ2n) is 4.20. The maximum absolute atomic E-state index is 12.1. The smallest absolute Gasteiger partial charge is 0.337 e. The van der Waals surface area contributed by atoms with Crippen LogP contribution in [0.3, 0.4) is 0 Å². The lowest BCUT2D eigenvalue weighted by Gasteiger charge is -2.07. The molecule has 0 unspecified atom stereocenters. The first-order valence-electron chi connectivity index (χ1n) is 6.19. The Balaban J connectivity index is 2.06. The van der Waals surface area contributed by atoms with E-state index in [4.69, 9.17) is 0 Å². The zero-order valence-electron chi connectivity index (χ0n) is 11.4. The number of carbonyl (C=O) groups excluding carboxylic acids is 1. The number of aromatic nitrogens is 2. The molecule has 21 heavy (non-hydrogen) atoms. The number of H-pyrrole nitrogens is 1. The van der Waals surface area contributed by atoms with E-state index in [9.17, 15) is 13.2 Å². The van der Waals surface area contributed by atoms with Crippen LogP contribution in [-0.4, -0.2) is 38.0 Å². The molecule has 1 aromatic heterocycles. The van der Waals surface area contributed by atoms with Crippen LogP contribution in [0.1, 0.15) is 16.2 Å². The van der Waals surface area contributed by atoms with Crippen LogP contribution in [-0.2, 0) is 21.2 Å². The fourth-order valence-corrected chi connectivity index (χ4v) is 2.81. The first-order chi connectivity index (χ1) is 10.0. The molecule has 0 spiro atoms. The van der Waals surface area contributed by atoms with Gasteiger partial charge >= 0.3 is 5.97 Å². The summed E-state index contributed by atoms with van der Waals surface area (Å²) < 4.78 is 31.3. The van der Waals surface area contributed by atoms with Crippen LogP contribution < -0.4 is 4.72 Å². The highest BCUT2D eigenvalue weighted by Gasteiger charge is 2.16. The average Bonchev–Trinajstić information content (AvgIpc) is 2.99. The molecule has 0 aliphatic heterocycles. The molecule has 112 valence electrons. The number of nitrogens with zero attached hydrogens (tertiary/aromatic N) is 1. The third-order valence-corrected chi connectivity index (χ3v) is 4.23. The Kier molecular flexibility index (Phi) is 4.71. The van der Waals surface area contributed by atoms with E-state index >= 15 is 0 Å². The molecule has 0 saturated heterocycles. The second-order valence-corrected chi connectivity index (χ2v) is 5.97. The van der Waals surface area contributed by atoms with Crippen molar-refractivity contribution in [1.29, 1.82) is 0 Å². The van der Waals surface area contributed by atoms with Crippen molar-refractivity contribution < 1.29 is 17.9 Å². The summed E-state index contributed by atoms with van der Waals surface area (Å²) in [6.07, 6.45) is 3.72. The summed E-state index contributed by atoms with van der Waals surface area (Å²) in [6.45, 7) is 0.207. The number of benzene rings is 1. The lowest BCUT2D eigenvalue weighted by Crippen LogP contribution is -2.26. The van der Waals surface area contributed by atoms with Gasteiger partial charge in [-0.15, -0.1) is 0 Å². The monoisotopic (exact) mass is 309 g/mol. The molecule has 0 amide bonds. The SMILES string of the molecule is COC(=O)c1cccc(S(=O)(=O)NCCc2ncc[nH]2)c1. The second kappa shape index (κ2) is 6.51. The van der Waals surface area contributed by atoms with Gasteiger partial charge in [-0.05, 0) is 18.2 Å². The number of ether oxygens (including phenoxy) is 1. The van der Waals surface area contributed by atoms with Gasteiger partial charge in [0.2, 0.25) is 10.0 Å². The molecule has 0 radical (unpaired) electrons. The number of methoxy groups -OCH3 is 1. The number of esters is 1. The van der Waals surface area contributed by atoms with Crippen LogP contribution in [0, 0.1) is 0 Å². The first kappa shape index (κ1) is 15.2. The van der Waals surface area contributed by atoms with E-state index in [1.54, 1.807) is 12.4 Å². The summed E-state index contributed by atoms with van der Waals surface area (Å²) >= 11 is 0. The van der Waals surface area contributed by atoms with E-state index in [0.29, 0.717) is 12.2 Å². The molecule has 0 bridgehead atoms. The third kappa shape index (κ3) is 3.89. The zero-order valence-corrected chi connectivity index (χ0v) is 12.2. The fraction of sp³-hybridized carbons (Fsp3) is 0.231. The quantitative estimate of drug-likeness (QED) is 0.766. The van der Waals surface area contributed by atoms with Gasteiger partial charge < -0.3 is 9.72 Å². The van der Waals surface area contributed by atoms with Gasteiger partial charge in [-0.1, -0.05) is 6.07 Å². The van der Waals surface area contributed by atoms with Crippen LogP contribution >= 0.6 is 0 Å². The minimum atomic E-state index is -3.68. The van der Waals surface area contributed by atoms with E-state index in [0.717, 1.165) is 0 Å². The number of hydrogen-bond donors (Lipinski definition) is 2. The number of carbonyl (C=O) groups is 1. The van der Waals surface area contributed by atoms with Gasteiger partial charge in [0.15, 0.2) is 0 Å². The minimum Gasteiger partial charge on any atom is -0.465 e. The van der Waals surface area contributed by atoms with Gasteiger partial charge in [-0.25, -0.2) is 22.9 Å². The Hall–Kier alpha value is -2.19. The summed E-state index contributed by atoms with van der Waals surface area (Å²) in [6, 6.07) is 5.68. The van der Waals surface area contributed by atoms with Crippen LogP contribution in [0.5, 0.6) is 0 Å². The maximum Gasteiger partial charge on any atom is 0.337 e. The highest BCUT2D eigenvalue weighted by atomic mass is 32.2. The Morgan fingerprint density at radius 1 is 1.43 bits per heavy atom. The molecular formula is C13H15N3O4S. The molecule has 8 heteroatoms. The predicted octanol–water partition coefficient (Wildman–Crippen LogP) is 0.717. The maximum atomic E-state index is 12.1. The lowest BCUT2D eigenvalue weighted by atomic mass is 10.2. The Morgan fingerprint density at radius 3 is 2.90 bits per heavy atom. The highest BCUT2D eigenvalue weighted by molar-refractivity contribution is 7.89. The number of aromatic amines is 1. The Bertz CT molecular complexity index is 711. The van der Waals surface area contributed by atoms with Crippen molar-refractivity contribution in [2.24, 2.45) is 0 Å². The van der Waals surface area contributed by atoms with E-state index in [-0.39, 0.29) is 17.0 Å². The molecule has 0 fully saturated rings. The lowest BCUT2D eigenvalue weighted by molar-refractivity contribution is 0.0600. The summed E-state index contributed by atoms with van der Waals surface area (Å²) in [5, 5.41) is 0. The van der Waals surface area contributed by atoms with Crippen LogP contribution in [0.2, 0.25) is 0 Å². The summed E-state index contributed by atoms with van der Waals surface area (Å²) in [5.74, 6) is 0.114. The number of sulfonamides is 1. The van der Waals surface area contributed by atoms with Crippen molar-refractivity contribution in [3.63, 3.8) is 0 Å². The van der Waals surface area contributed by atoms with E-state index in [2.05, 4.69) is 19.4 Å². The first-order valence-corrected chi connectivity index (χ1v) is 7.67. The predicted molar refractivity (Wildman–Crippen MR) is 75.3 cm³/mol. The molecule has 0 atom stereocenters. The fourth-order valence-electron chi connectivity index (χ4n) is 1.73. The van der Waals surface area contributed by atoms with Crippen molar-refractivity contribution in [2.75, 3.05) is 13.7 Å². The van der Waals surface area contributed by atoms with Crippen molar-refractivity contribution in [2.45, 2.75) is 11.3 Å². The van der Waals surface area contributed by atoms with Crippen molar-refractivity contribution in [3.05, 3.63) is 48.0 Å². The zero-order chi connectivity index (χ0) is 15.3. The summed E-state index contributed by atoms with van der Waals surface area (Å²) in [4.78, 5) is 18.3. The number of hydrogen-bond acceptors (Lipinski definition) is 5. The van der Waals surface area contributed by atoms with Gasteiger partial charge in [-0.2, -0.15) is 0 Å². The molecule has 1 heterocycles. The molecule has 1 aromatic carbocycles. The largest absolute Gasteiger partial charge is 0.465 e. The van der Waals surface area contributed by atoms with E-state index in [1.165, 1.54) is 31.4 Å². The number of rotatable bonds is 6. The van der Waals surface area contributed by atoms with Crippen molar-refractivity contribution in [1.82, 2.24) is 14.7 Å². The van der Waals surface area contributed by atoms with Crippen LogP contribution in [0.4, 0.5) is 0 Å². The van der Waals surface area contributed by atoms with Crippen LogP contribution in [0.25, 0.3) is 0 Å². The molecule has 0 aliphatic rings. The summed E-state index contributed by atoms with van der Waals surface area (Å²) in [5.41, 5.74) is 0.186. The minimum absolute atomic E-state index is 0.0184. The summed E-state index contributed by atoms with van der Waals surface area (Å²) in [7, 11) is -2.44. The molecule has 2 rings (SSSR count). The highest BCUT2D eigenvalue weighted by Crippen LogP contribution is 2.12. The average molecular weight is 309 g/mol. The van der Waals surface area contributed by atoms with E-state index in [1.807, 2.05) is 0 Å². The van der Waals surface area contributed by atoms with Crippen LogP contribution in [0.15, 0.2) is 41.6 Å². The molecule has 0 saturated carbocycles. The van der Waals surface area contributed by atoms with Gasteiger partial charge in [0.1, 0.15) is 5.82 Å². The van der Waals surface area contributed by atoms with Crippen molar-refractivity contribution in [3.8, 4) is 0 Å². The van der Waals surface area contributed by atoms with Crippen molar-refractivity contribution >= 4 is 16.0 Å². The molecule has 0 aliphatic carbocycles. The van der Waals surface area contributed by atoms with Gasteiger partial charge in [-0.3, -0.25) is 0 Å². The third-order valence-electron chi connectivity index (χ3n) is 2.77. The molecule has 2 N–H and O–H groups in total. The van der Waals surface area contributed by atoms with Gasteiger partial charge in [0.25, 0.3) is 0 Å². The van der Waals surface area contributed by atoms with Gasteiger partial charge in [0, 0.05) is 25.4 Å². The number of nitrogens with one attached hydrogen (secondary N) is 2. The molecular weight excluding hydrogens is 294 g/mol. The topological polar surface area (TPSA) is 101 Å². The standard InChI is InChI=1S/C13H15N3O4S/c1-20-13(17)10-3-2-4-11(9-10)21(18,19)16-6-5-12-14-7-8-15-12/h2-4,7-9,16H,5-6H2,1H3,(H,14,15). The number of imidazole rings is 1.